The molecule has 0 aliphatic carbocycles. The van der Waals surface area contributed by atoms with Gasteiger partial charge in [0.15, 0.2) is 0 Å². The van der Waals surface area contributed by atoms with Crippen LogP contribution in [0.15, 0.2) is 42.5 Å². The summed E-state index contributed by atoms with van der Waals surface area (Å²) in [6.45, 7) is 1.43. The Morgan fingerprint density at radius 2 is 1.79 bits per heavy atom. The Kier molecular flexibility index (Phi) is 4.75. The molecule has 0 unspecified atom stereocenters. The molecule has 100 valence electrons. The normalized spacial score (nSPS) is 10.2. The smallest absolute Gasteiger partial charge is 0.213 e. The van der Waals surface area contributed by atoms with E-state index in [-0.39, 0.29) is 0 Å². The molecule has 0 saturated carbocycles. The summed E-state index contributed by atoms with van der Waals surface area (Å²) in [7, 11) is 3.30. The van der Waals surface area contributed by atoms with E-state index in [1.165, 1.54) is 0 Å². The highest BCUT2D eigenvalue weighted by Crippen LogP contribution is 2.16. The molecule has 0 amide bonds. The number of rotatable bonds is 6. The summed E-state index contributed by atoms with van der Waals surface area (Å²) in [6, 6.07) is 13.7. The lowest BCUT2D eigenvalue weighted by molar-refractivity contribution is 0.395. The van der Waals surface area contributed by atoms with E-state index in [0.717, 1.165) is 23.6 Å². The van der Waals surface area contributed by atoms with Crippen molar-refractivity contribution >= 4 is 0 Å². The molecule has 0 aliphatic heterocycles. The number of methoxy groups -OCH3 is 2. The quantitative estimate of drug-likeness (QED) is 0.864. The molecule has 2 aromatic rings. The molecule has 1 heterocycles. The average molecular weight is 258 g/mol. The van der Waals surface area contributed by atoms with Crippen molar-refractivity contribution in [1.82, 2.24) is 10.3 Å². The molecule has 1 aromatic carbocycles. The summed E-state index contributed by atoms with van der Waals surface area (Å²) in [5.41, 5.74) is 2.09. The van der Waals surface area contributed by atoms with Crippen LogP contribution in [0, 0.1) is 0 Å². The van der Waals surface area contributed by atoms with Crippen LogP contribution >= 0.6 is 0 Å². The molecule has 4 nitrogen and oxygen atoms in total. The van der Waals surface area contributed by atoms with E-state index in [0.29, 0.717) is 12.4 Å². The monoisotopic (exact) mass is 258 g/mol. The third kappa shape index (κ3) is 3.69. The zero-order valence-corrected chi connectivity index (χ0v) is 11.2. The van der Waals surface area contributed by atoms with E-state index >= 15 is 0 Å². The van der Waals surface area contributed by atoms with Crippen molar-refractivity contribution in [3.8, 4) is 11.6 Å². The summed E-state index contributed by atoms with van der Waals surface area (Å²) in [5, 5.41) is 3.35. The summed E-state index contributed by atoms with van der Waals surface area (Å²) in [4.78, 5) is 4.35. The van der Waals surface area contributed by atoms with Crippen molar-refractivity contribution in [3.05, 3.63) is 53.7 Å². The lowest BCUT2D eigenvalue weighted by Crippen LogP contribution is -2.14. The van der Waals surface area contributed by atoms with Gasteiger partial charge in [0.05, 0.1) is 19.9 Å². The maximum absolute atomic E-state index is 5.31. The number of benzene rings is 1. The van der Waals surface area contributed by atoms with E-state index in [1.807, 2.05) is 42.5 Å². The second-order valence-corrected chi connectivity index (χ2v) is 4.09. The fourth-order valence-corrected chi connectivity index (χ4v) is 1.84. The molecule has 0 spiro atoms. The maximum atomic E-state index is 5.31. The van der Waals surface area contributed by atoms with Gasteiger partial charge in [-0.25, -0.2) is 4.98 Å². The molecule has 0 saturated heterocycles. The Hall–Kier alpha value is -2.07. The topological polar surface area (TPSA) is 43.4 Å². The van der Waals surface area contributed by atoms with Crippen LogP contribution in [-0.4, -0.2) is 19.2 Å². The predicted molar refractivity (Wildman–Crippen MR) is 74.3 cm³/mol. The summed E-state index contributed by atoms with van der Waals surface area (Å²) in [5.74, 6) is 1.53. The fraction of sp³-hybridized carbons (Fsp3) is 0.267. The Morgan fingerprint density at radius 1 is 0.947 bits per heavy atom. The molecule has 0 atom stereocenters. The van der Waals surface area contributed by atoms with Gasteiger partial charge < -0.3 is 14.8 Å². The minimum Gasteiger partial charge on any atom is -0.496 e. The third-order valence-corrected chi connectivity index (χ3v) is 2.80. The van der Waals surface area contributed by atoms with Gasteiger partial charge in [0, 0.05) is 24.7 Å². The highest BCUT2D eigenvalue weighted by Gasteiger charge is 2.02. The Labute approximate surface area is 113 Å². The number of pyridine rings is 1. The summed E-state index contributed by atoms with van der Waals surface area (Å²) in [6.07, 6.45) is 0. The Bertz CT molecular complexity index is 529. The van der Waals surface area contributed by atoms with Gasteiger partial charge in [-0.05, 0) is 12.1 Å². The molecule has 0 fully saturated rings. The number of nitrogens with one attached hydrogen (secondary N) is 1. The molecule has 1 N–H and O–H groups in total. The van der Waals surface area contributed by atoms with Crippen LogP contribution in [0.4, 0.5) is 0 Å². The molecular weight excluding hydrogens is 240 g/mol. The largest absolute Gasteiger partial charge is 0.496 e. The van der Waals surface area contributed by atoms with Crippen LogP contribution in [0.2, 0.25) is 0 Å². The third-order valence-electron chi connectivity index (χ3n) is 2.80. The van der Waals surface area contributed by atoms with Crippen molar-refractivity contribution in [1.29, 1.82) is 0 Å². The van der Waals surface area contributed by atoms with E-state index in [2.05, 4.69) is 10.3 Å². The van der Waals surface area contributed by atoms with E-state index in [9.17, 15) is 0 Å². The zero-order valence-electron chi connectivity index (χ0n) is 11.2. The molecular formula is C15H18N2O2. The number of hydrogen-bond acceptors (Lipinski definition) is 4. The van der Waals surface area contributed by atoms with Gasteiger partial charge in [0.1, 0.15) is 5.75 Å². The van der Waals surface area contributed by atoms with Crippen molar-refractivity contribution in [2.45, 2.75) is 13.1 Å². The Morgan fingerprint density at radius 3 is 2.58 bits per heavy atom. The van der Waals surface area contributed by atoms with E-state index in [4.69, 9.17) is 9.47 Å². The minimum absolute atomic E-state index is 0.636. The SMILES string of the molecule is COc1cccc(CNCc2ccccc2OC)n1. The van der Waals surface area contributed by atoms with Crippen molar-refractivity contribution in [2.24, 2.45) is 0 Å². The van der Waals surface area contributed by atoms with E-state index < -0.39 is 0 Å². The highest BCUT2D eigenvalue weighted by atomic mass is 16.5. The lowest BCUT2D eigenvalue weighted by atomic mass is 10.2. The number of ether oxygens (including phenoxy) is 2. The first kappa shape index (κ1) is 13.4. The van der Waals surface area contributed by atoms with Crippen LogP contribution in [-0.2, 0) is 13.1 Å². The van der Waals surface area contributed by atoms with Gasteiger partial charge in [-0.3, -0.25) is 0 Å². The number of para-hydroxylation sites is 1. The fourth-order valence-electron chi connectivity index (χ4n) is 1.84. The number of aromatic nitrogens is 1. The predicted octanol–water partition coefficient (Wildman–Crippen LogP) is 2.39. The summed E-state index contributed by atoms with van der Waals surface area (Å²) < 4.78 is 10.4. The standard InChI is InChI=1S/C15H18N2O2/c1-18-14-8-4-3-6-12(14)10-16-11-13-7-5-9-15(17-13)19-2/h3-9,16H,10-11H2,1-2H3. The lowest BCUT2D eigenvalue weighted by Gasteiger charge is -2.09. The van der Waals surface area contributed by atoms with Gasteiger partial charge in [0.25, 0.3) is 0 Å². The second-order valence-electron chi connectivity index (χ2n) is 4.09. The van der Waals surface area contributed by atoms with Crippen molar-refractivity contribution in [2.75, 3.05) is 14.2 Å². The Balaban J connectivity index is 1.92. The van der Waals surface area contributed by atoms with Gasteiger partial charge in [0.2, 0.25) is 5.88 Å². The molecule has 19 heavy (non-hydrogen) atoms. The second kappa shape index (κ2) is 6.75. The van der Waals surface area contributed by atoms with E-state index in [1.54, 1.807) is 14.2 Å². The molecule has 0 bridgehead atoms. The molecule has 0 aliphatic rings. The average Bonchev–Trinajstić information content (AvgIpc) is 2.48. The molecule has 2 rings (SSSR count). The minimum atomic E-state index is 0.636. The molecule has 1 aromatic heterocycles. The first-order valence-electron chi connectivity index (χ1n) is 6.16. The first-order chi connectivity index (χ1) is 9.33. The maximum Gasteiger partial charge on any atom is 0.213 e. The van der Waals surface area contributed by atoms with Crippen LogP contribution in [0.25, 0.3) is 0 Å². The number of hydrogen-bond donors (Lipinski definition) is 1. The van der Waals surface area contributed by atoms with Gasteiger partial charge in [-0.2, -0.15) is 0 Å². The number of nitrogens with zero attached hydrogens (tertiary/aromatic N) is 1. The van der Waals surface area contributed by atoms with Gasteiger partial charge >= 0.3 is 0 Å². The highest BCUT2D eigenvalue weighted by molar-refractivity contribution is 5.33. The molecule has 4 heteroatoms. The van der Waals surface area contributed by atoms with Crippen LogP contribution in [0.3, 0.4) is 0 Å². The van der Waals surface area contributed by atoms with Gasteiger partial charge in [-0.1, -0.05) is 24.3 Å². The van der Waals surface area contributed by atoms with Gasteiger partial charge in [-0.15, -0.1) is 0 Å². The van der Waals surface area contributed by atoms with Crippen LogP contribution in [0.5, 0.6) is 11.6 Å². The zero-order chi connectivity index (χ0) is 13.5. The first-order valence-corrected chi connectivity index (χ1v) is 6.16. The van der Waals surface area contributed by atoms with Crippen LogP contribution in [0.1, 0.15) is 11.3 Å². The van der Waals surface area contributed by atoms with Crippen LogP contribution < -0.4 is 14.8 Å². The summed E-state index contributed by atoms with van der Waals surface area (Å²) >= 11 is 0. The molecule has 0 radical (unpaired) electrons. The van der Waals surface area contributed by atoms with Crippen molar-refractivity contribution < 1.29 is 9.47 Å². The van der Waals surface area contributed by atoms with Crippen molar-refractivity contribution in [3.63, 3.8) is 0 Å².